The standard InChI is InChI=1S/C17H24BrN3O4/c1-16(2,3)25-13(22)10-19-14(23)17(4,5)21-15(24)20-12-8-6-11(18)7-9-12/h6-9H,10H2,1-5H3,(H,19,23)(H2,20,21,24). The average molecular weight is 414 g/mol. The molecule has 25 heavy (non-hydrogen) atoms. The zero-order valence-corrected chi connectivity index (χ0v) is 16.6. The first-order chi connectivity index (χ1) is 11.4. The SMILES string of the molecule is CC(C)(C)OC(=O)CNC(=O)C(C)(C)NC(=O)Nc1ccc(Br)cc1. The molecule has 0 aliphatic heterocycles. The summed E-state index contributed by atoms with van der Waals surface area (Å²) in [5.74, 6) is -1.04. The Kier molecular flexibility index (Phi) is 6.98. The molecule has 0 aromatic heterocycles. The van der Waals surface area contributed by atoms with Gasteiger partial charge in [-0.1, -0.05) is 15.9 Å². The van der Waals surface area contributed by atoms with Gasteiger partial charge in [-0.05, 0) is 58.9 Å². The highest BCUT2D eigenvalue weighted by Gasteiger charge is 2.30. The normalized spacial score (nSPS) is 11.4. The number of carbonyl (C=O) groups excluding carboxylic acids is 3. The number of nitrogens with one attached hydrogen (secondary N) is 3. The molecule has 0 saturated heterocycles. The highest BCUT2D eigenvalue weighted by Crippen LogP contribution is 2.14. The van der Waals surface area contributed by atoms with E-state index in [9.17, 15) is 14.4 Å². The van der Waals surface area contributed by atoms with Crippen molar-refractivity contribution in [3.8, 4) is 0 Å². The number of urea groups is 1. The smallest absolute Gasteiger partial charge is 0.325 e. The molecule has 1 aromatic carbocycles. The molecule has 1 aromatic rings. The third-order valence-electron chi connectivity index (χ3n) is 2.91. The fourth-order valence-electron chi connectivity index (χ4n) is 1.79. The summed E-state index contributed by atoms with van der Waals surface area (Å²) in [6.07, 6.45) is 0. The second-order valence-corrected chi connectivity index (χ2v) is 7.90. The number of esters is 1. The molecule has 0 fully saturated rings. The van der Waals surface area contributed by atoms with Crippen LogP contribution in [0.3, 0.4) is 0 Å². The van der Waals surface area contributed by atoms with E-state index in [4.69, 9.17) is 4.74 Å². The summed E-state index contributed by atoms with van der Waals surface area (Å²) < 4.78 is 6.00. The lowest BCUT2D eigenvalue weighted by Gasteiger charge is -2.25. The number of benzene rings is 1. The number of carbonyl (C=O) groups is 3. The van der Waals surface area contributed by atoms with Gasteiger partial charge in [0.1, 0.15) is 17.7 Å². The lowest BCUT2D eigenvalue weighted by Crippen LogP contribution is -2.56. The molecule has 0 saturated carbocycles. The van der Waals surface area contributed by atoms with Gasteiger partial charge in [-0.25, -0.2) is 4.79 Å². The summed E-state index contributed by atoms with van der Waals surface area (Å²) in [6, 6.07) is 6.49. The van der Waals surface area contributed by atoms with Gasteiger partial charge in [0.25, 0.3) is 0 Å². The third kappa shape index (κ3) is 8.02. The Balaban J connectivity index is 2.52. The largest absolute Gasteiger partial charge is 0.459 e. The van der Waals surface area contributed by atoms with E-state index in [2.05, 4.69) is 31.9 Å². The summed E-state index contributed by atoms with van der Waals surface area (Å²) in [7, 11) is 0. The molecule has 0 aliphatic rings. The molecule has 8 heteroatoms. The average Bonchev–Trinajstić information content (AvgIpc) is 2.44. The summed E-state index contributed by atoms with van der Waals surface area (Å²) in [4.78, 5) is 35.9. The summed E-state index contributed by atoms with van der Waals surface area (Å²) in [6.45, 7) is 8.03. The van der Waals surface area contributed by atoms with E-state index in [-0.39, 0.29) is 6.54 Å². The van der Waals surface area contributed by atoms with Crippen molar-refractivity contribution in [3.05, 3.63) is 28.7 Å². The maximum absolute atomic E-state index is 12.2. The molecule has 0 atom stereocenters. The molecule has 0 radical (unpaired) electrons. The Morgan fingerprint density at radius 1 is 1.04 bits per heavy atom. The highest BCUT2D eigenvalue weighted by molar-refractivity contribution is 9.10. The van der Waals surface area contributed by atoms with Crippen LogP contribution in [0.1, 0.15) is 34.6 Å². The fourth-order valence-corrected chi connectivity index (χ4v) is 2.05. The van der Waals surface area contributed by atoms with Crippen LogP contribution in [0.2, 0.25) is 0 Å². The van der Waals surface area contributed by atoms with Gasteiger partial charge in [-0.2, -0.15) is 0 Å². The van der Waals surface area contributed by atoms with E-state index in [1.807, 2.05) is 0 Å². The molecule has 7 nitrogen and oxygen atoms in total. The molecule has 3 amide bonds. The van der Waals surface area contributed by atoms with Crippen LogP contribution in [-0.4, -0.2) is 35.6 Å². The minimum atomic E-state index is -1.21. The van der Waals surface area contributed by atoms with Crippen molar-refractivity contribution >= 4 is 39.5 Å². The summed E-state index contributed by atoms with van der Waals surface area (Å²) in [5, 5.41) is 7.66. The van der Waals surface area contributed by atoms with Crippen LogP contribution < -0.4 is 16.0 Å². The van der Waals surface area contributed by atoms with Gasteiger partial charge in [-0.15, -0.1) is 0 Å². The monoisotopic (exact) mass is 413 g/mol. The Morgan fingerprint density at radius 2 is 1.60 bits per heavy atom. The molecule has 1 rings (SSSR count). The lowest BCUT2D eigenvalue weighted by molar-refractivity contribution is -0.154. The first kappa shape index (κ1) is 21.0. The number of anilines is 1. The fraction of sp³-hybridized carbons (Fsp3) is 0.471. The molecule has 0 unspecified atom stereocenters. The molecule has 138 valence electrons. The summed E-state index contributed by atoms with van der Waals surface area (Å²) in [5.41, 5.74) is -1.24. The van der Waals surface area contributed by atoms with Gasteiger partial charge in [0.2, 0.25) is 5.91 Å². The molecule has 3 N–H and O–H groups in total. The van der Waals surface area contributed by atoms with Crippen molar-refractivity contribution in [2.45, 2.75) is 45.8 Å². The van der Waals surface area contributed by atoms with Crippen LogP contribution in [0.4, 0.5) is 10.5 Å². The Bertz CT molecular complexity index is 636. The van der Waals surface area contributed by atoms with Crippen molar-refractivity contribution in [1.29, 1.82) is 0 Å². The van der Waals surface area contributed by atoms with Crippen LogP contribution in [0.15, 0.2) is 28.7 Å². The second-order valence-electron chi connectivity index (χ2n) is 6.98. The van der Waals surface area contributed by atoms with E-state index < -0.39 is 29.0 Å². The maximum atomic E-state index is 12.2. The zero-order chi connectivity index (χ0) is 19.3. The van der Waals surface area contributed by atoms with Gasteiger partial charge in [0.15, 0.2) is 0 Å². The first-order valence-electron chi connectivity index (χ1n) is 7.74. The number of ether oxygens (including phenoxy) is 1. The van der Waals surface area contributed by atoms with Crippen LogP contribution in [0.25, 0.3) is 0 Å². The minimum absolute atomic E-state index is 0.268. The number of amides is 3. The first-order valence-corrected chi connectivity index (χ1v) is 8.53. The second kappa shape index (κ2) is 8.33. The molecule has 0 bridgehead atoms. The highest BCUT2D eigenvalue weighted by atomic mass is 79.9. The molecular weight excluding hydrogens is 390 g/mol. The van der Waals surface area contributed by atoms with Crippen LogP contribution in [-0.2, 0) is 14.3 Å². The molecule has 0 spiro atoms. The van der Waals surface area contributed by atoms with E-state index >= 15 is 0 Å². The Labute approximate surface area is 156 Å². The van der Waals surface area contributed by atoms with E-state index in [1.165, 1.54) is 0 Å². The minimum Gasteiger partial charge on any atom is -0.459 e. The van der Waals surface area contributed by atoms with Gasteiger partial charge < -0.3 is 20.7 Å². The quantitative estimate of drug-likeness (QED) is 0.646. The van der Waals surface area contributed by atoms with E-state index in [1.54, 1.807) is 58.9 Å². The van der Waals surface area contributed by atoms with E-state index in [0.29, 0.717) is 5.69 Å². The van der Waals surface area contributed by atoms with Crippen molar-refractivity contribution in [1.82, 2.24) is 10.6 Å². The van der Waals surface area contributed by atoms with Crippen molar-refractivity contribution in [3.63, 3.8) is 0 Å². The number of hydrogen-bond donors (Lipinski definition) is 3. The van der Waals surface area contributed by atoms with Gasteiger partial charge in [0, 0.05) is 10.2 Å². The van der Waals surface area contributed by atoms with Crippen LogP contribution >= 0.6 is 15.9 Å². The topological polar surface area (TPSA) is 96.5 Å². The van der Waals surface area contributed by atoms with Crippen molar-refractivity contribution in [2.75, 3.05) is 11.9 Å². The predicted molar refractivity (Wildman–Crippen MR) is 99.2 cm³/mol. The number of rotatable bonds is 5. The van der Waals surface area contributed by atoms with Crippen molar-refractivity contribution < 1.29 is 19.1 Å². The van der Waals surface area contributed by atoms with Gasteiger partial charge in [0.05, 0.1) is 0 Å². The van der Waals surface area contributed by atoms with E-state index in [0.717, 1.165) is 4.47 Å². The Morgan fingerprint density at radius 3 is 2.12 bits per heavy atom. The number of halogens is 1. The number of hydrogen-bond acceptors (Lipinski definition) is 4. The zero-order valence-electron chi connectivity index (χ0n) is 15.0. The lowest BCUT2D eigenvalue weighted by atomic mass is 10.1. The van der Waals surface area contributed by atoms with Gasteiger partial charge >= 0.3 is 12.0 Å². The van der Waals surface area contributed by atoms with Crippen LogP contribution in [0.5, 0.6) is 0 Å². The molecular formula is C17H24BrN3O4. The maximum Gasteiger partial charge on any atom is 0.325 e. The van der Waals surface area contributed by atoms with Crippen LogP contribution in [0, 0.1) is 0 Å². The summed E-state index contributed by atoms with van der Waals surface area (Å²) >= 11 is 3.31. The predicted octanol–water partition coefficient (Wildman–Crippen LogP) is 2.81. The third-order valence-corrected chi connectivity index (χ3v) is 3.44. The molecule has 0 heterocycles. The van der Waals surface area contributed by atoms with Gasteiger partial charge in [-0.3, -0.25) is 9.59 Å². The Hall–Kier alpha value is -2.09. The van der Waals surface area contributed by atoms with Crippen molar-refractivity contribution in [2.24, 2.45) is 0 Å². The molecule has 0 aliphatic carbocycles.